The van der Waals surface area contributed by atoms with Gasteiger partial charge in [0.2, 0.25) is 0 Å². The number of piperazine rings is 1. The predicted molar refractivity (Wildman–Crippen MR) is 64.3 cm³/mol. The number of benzene rings is 1. The molecule has 0 radical (unpaired) electrons. The fourth-order valence-electron chi connectivity index (χ4n) is 2.27. The van der Waals surface area contributed by atoms with Crippen molar-refractivity contribution in [2.75, 3.05) is 32.9 Å². The normalized spacial score (nSPS) is 19.2. The van der Waals surface area contributed by atoms with Gasteiger partial charge in [-0.3, -0.25) is 4.90 Å². The summed E-state index contributed by atoms with van der Waals surface area (Å²) in [5, 5.41) is 3.24. The molecule has 0 aliphatic carbocycles. The average Bonchev–Trinajstić information content (AvgIpc) is 2.36. The molecule has 0 bridgehead atoms. The lowest BCUT2D eigenvalue weighted by Gasteiger charge is -2.33. The molecular weight excluding hydrogens is 222 g/mol. The first kappa shape index (κ1) is 12.5. The van der Waals surface area contributed by atoms with Gasteiger partial charge in [-0.15, -0.1) is 0 Å². The minimum atomic E-state index is -0.426. The fraction of sp³-hybridized carbons (Fsp3) is 0.538. The Labute approximate surface area is 101 Å². The van der Waals surface area contributed by atoms with Crippen LogP contribution in [0.3, 0.4) is 0 Å². The van der Waals surface area contributed by atoms with Crippen LogP contribution in [0.25, 0.3) is 0 Å². The van der Waals surface area contributed by atoms with Crippen molar-refractivity contribution in [1.82, 2.24) is 10.2 Å². The highest BCUT2D eigenvalue weighted by atomic mass is 19.1. The number of nitrogens with zero attached hydrogens (tertiary/aromatic N) is 1. The van der Waals surface area contributed by atoms with E-state index in [1.807, 2.05) is 0 Å². The zero-order valence-electron chi connectivity index (χ0n) is 10.0. The summed E-state index contributed by atoms with van der Waals surface area (Å²) in [7, 11) is 0. The van der Waals surface area contributed by atoms with Gasteiger partial charge in [0, 0.05) is 26.2 Å². The van der Waals surface area contributed by atoms with Gasteiger partial charge in [0.25, 0.3) is 0 Å². The second kappa shape index (κ2) is 5.56. The maximum Gasteiger partial charge on any atom is 0.126 e. The van der Waals surface area contributed by atoms with Crippen LogP contribution in [0.15, 0.2) is 18.2 Å². The molecule has 0 aromatic heterocycles. The van der Waals surface area contributed by atoms with Crippen LogP contribution >= 0.6 is 0 Å². The minimum absolute atomic E-state index is 0.230. The lowest BCUT2D eigenvalue weighted by atomic mass is 10.0. The molecule has 2 nitrogen and oxygen atoms in total. The van der Waals surface area contributed by atoms with Crippen LogP contribution in [0, 0.1) is 12.7 Å². The molecule has 1 aromatic carbocycles. The molecule has 1 heterocycles. The van der Waals surface area contributed by atoms with E-state index in [1.54, 1.807) is 19.1 Å². The Morgan fingerprint density at radius 1 is 1.35 bits per heavy atom. The van der Waals surface area contributed by atoms with E-state index in [4.69, 9.17) is 0 Å². The van der Waals surface area contributed by atoms with Crippen LogP contribution in [-0.4, -0.2) is 37.8 Å². The molecule has 1 aliphatic rings. The molecule has 1 aromatic rings. The molecule has 2 rings (SSSR count). The molecular formula is C13H18F2N2. The minimum Gasteiger partial charge on any atom is -0.314 e. The van der Waals surface area contributed by atoms with Crippen LogP contribution in [0.2, 0.25) is 0 Å². The van der Waals surface area contributed by atoms with E-state index in [-0.39, 0.29) is 11.9 Å². The lowest BCUT2D eigenvalue weighted by molar-refractivity contribution is 0.147. The third-order valence-electron chi connectivity index (χ3n) is 3.31. The van der Waals surface area contributed by atoms with E-state index in [0.717, 1.165) is 31.7 Å². The van der Waals surface area contributed by atoms with E-state index >= 15 is 0 Å². The summed E-state index contributed by atoms with van der Waals surface area (Å²) in [4.78, 5) is 2.11. The summed E-state index contributed by atoms with van der Waals surface area (Å²) < 4.78 is 26.4. The number of rotatable bonds is 3. The highest BCUT2D eigenvalue weighted by Gasteiger charge is 2.22. The van der Waals surface area contributed by atoms with Gasteiger partial charge in [0.15, 0.2) is 0 Å². The van der Waals surface area contributed by atoms with Crippen LogP contribution in [-0.2, 0) is 0 Å². The van der Waals surface area contributed by atoms with Crippen molar-refractivity contribution < 1.29 is 8.78 Å². The molecule has 17 heavy (non-hydrogen) atoms. The Morgan fingerprint density at radius 3 is 2.65 bits per heavy atom. The first-order valence-corrected chi connectivity index (χ1v) is 5.99. The highest BCUT2D eigenvalue weighted by Crippen LogP contribution is 2.23. The first-order valence-electron chi connectivity index (χ1n) is 5.99. The van der Waals surface area contributed by atoms with Crippen molar-refractivity contribution in [2.45, 2.75) is 13.0 Å². The second-order valence-corrected chi connectivity index (χ2v) is 4.46. The van der Waals surface area contributed by atoms with Gasteiger partial charge in [0.1, 0.15) is 12.5 Å². The number of halogens is 2. The van der Waals surface area contributed by atoms with Crippen molar-refractivity contribution in [1.29, 1.82) is 0 Å². The van der Waals surface area contributed by atoms with E-state index in [2.05, 4.69) is 10.2 Å². The number of nitrogens with one attached hydrogen (secondary N) is 1. The van der Waals surface area contributed by atoms with E-state index in [0.29, 0.717) is 5.56 Å². The van der Waals surface area contributed by atoms with Crippen molar-refractivity contribution in [2.24, 2.45) is 0 Å². The lowest BCUT2D eigenvalue weighted by Crippen LogP contribution is -2.45. The standard InChI is InChI=1S/C13H18F2N2/c1-10-8-11(2-3-12(10)15)13(9-14)17-6-4-16-5-7-17/h2-3,8,13,16H,4-7,9H2,1H3/t13-/m0/s1. The summed E-state index contributed by atoms with van der Waals surface area (Å²) in [6, 6.07) is 4.63. The van der Waals surface area contributed by atoms with Crippen molar-refractivity contribution in [3.05, 3.63) is 35.1 Å². The third kappa shape index (κ3) is 2.82. The molecule has 0 spiro atoms. The van der Waals surface area contributed by atoms with E-state index in [1.165, 1.54) is 6.07 Å². The fourth-order valence-corrected chi connectivity index (χ4v) is 2.27. The van der Waals surface area contributed by atoms with E-state index in [9.17, 15) is 8.78 Å². The quantitative estimate of drug-likeness (QED) is 0.870. The Bertz CT molecular complexity index is 376. The van der Waals surface area contributed by atoms with Crippen LogP contribution in [0.5, 0.6) is 0 Å². The Hall–Kier alpha value is -1.00. The first-order chi connectivity index (χ1) is 8.22. The van der Waals surface area contributed by atoms with Gasteiger partial charge in [-0.2, -0.15) is 0 Å². The molecule has 1 saturated heterocycles. The summed E-state index contributed by atoms with van der Waals surface area (Å²) in [5.74, 6) is -0.230. The summed E-state index contributed by atoms with van der Waals surface area (Å²) in [6.07, 6.45) is 0. The topological polar surface area (TPSA) is 15.3 Å². The molecule has 1 aliphatic heterocycles. The highest BCUT2D eigenvalue weighted by molar-refractivity contribution is 5.26. The van der Waals surface area contributed by atoms with Gasteiger partial charge in [-0.25, -0.2) is 8.78 Å². The Morgan fingerprint density at radius 2 is 2.06 bits per heavy atom. The SMILES string of the molecule is Cc1cc([C@H](CF)N2CCNCC2)ccc1F. The Balaban J connectivity index is 2.18. The van der Waals surface area contributed by atoms with Crippen molar-refractivity contribution in [3.63, 3.8) is 0 Å². The zero-order chi connectivity index (χ0) is 12.3. The zero-order valence-corrected chi connectivity index (χ0v) is 10.0. The molecule has 0 saturated carbocycles. The molecule has 1 atom stereocenters. The number of aryl methyl sites for hydroxylation is 1. The van der Waals surface area contributed by atoms with Crippen molar-refractivity contribution in [3.8, 4) is 0 Å². The summed E-state index contributed by atoms with van der Waals surface area (Å²) in [5.41, 5.74) is 1.45. The molecule has 94 valence electrons. The largest absolute Gasteiger partial charge is 0.314 e. The van der Waals surface area contributed by atoms with Gasteiger partial charge in [-0.1, -0.05) is 12.1 Å². The molecule has 4 heteroatoms. The van der Waals surface area contributed by atoms with Crippen LogP contribution in [0.4, 0.5) is 8.78 Å². The number of hydrogen-bond acceptors (Lipinski definition) is 2. The third-order valence-corrected chi connectivity index (χ3v) is 3.31. The maximum atomic E-state index is 13.2. The maximum absolute atomic E-state index is 13.2. The second-order valence-electron chi connectivity index (χ2n) is 4.46. The van der Waals surface area contributed by atoms with Crippen molar-refractivity contribution >= 4 is 0 Å². The monoisotopic (exact) mass is 240 g/mol. The van der Waals surface area contributed by atoms with Gasteiger partial charge in [-0.05, 0) is 24.1 Å². The molecule has 1 fully saturated rings. The summed E-state index contributed by atoms with van der Waals surface area (Å²) >= 11 is 0. The Kier molecular flexibility index (Phi) is 4.07. The van der Waals surface area contributed by atoms with Crippen LogP contribution < -0.4 is 5.32 Å². The van der Waals surface area contributed by atoms with Gasteiger partial charge < -0.3 is 5.32 Å². The van der Waals surface area contributed by atoms with Gasteiger partial charge in [0.05, 0.1) is 6.04 Å². The predicted octanol–water partition coefficient (Wildman–Crippen LogP) is 2.05. The number of hydrogen-bond donors (Lipinski definition) is 1. The molecule has 1 N–H and O–H groups in total. The molecule has 0 unspecified atom stereocenters. The van der Waals surface area contributed by atoms with Crippen LogP contribution in [0.1, 0.15) is 17.2 Å². The number of alkyl halides is 1. The van der Waals surface area contributed by atoms with E-state index < -0.39 is 6.67 Å². The van der Waals surface area contributed by atoms with Gasteiger partial charge >= 0.3 is 0 Å². The molecule has 0 amide bonds. The average molecular weight is 240 g/mol. The smallest absolute Gasteiger partial charge is 0.126 e. The summed E-state index contributed by atoms with van der Waals surface area (Å²) in [6.45, 7) is 4.74.